The molecular formula is C21H14Cl2. The molecule has 3 aromatic carbocycles. The first kappa shape index (κ1) is 13.7. The van der Waals surface area contributed by atoms with E-state index in [4.69, 9.17) is 23.2 Å². The molecule has 0 aromatic heterocycles. The molecule has 0 spiro atoms. The first-order valence-electron chi connectivity index (χ1n) is 7.84. The Labute approximate surface area is 145 Å². The molecule has 0 unspecified atom stereocenters. The summed E-state index contributed by atoms with van der Waals surface area (Å²) in [6, 6.07) is 19.1. The number of hydrogen-bond acceptors (Lipinski definition) is 0. The van der Waals surface area contributed by atoms with Gasteiger partial charge in [-0.3, -0.25) is 0 Å². The van der Waals surface area contributed by atoms with Crippen LogP contribution in [0.5, 0.6) is 0 Å². The zero-order valence-corrected chi connectivity index (χ0v) is 14.1. The van der Waals surface area contributed by atoms with Crippen molar-refractivity contribution in [2.45, 2.75) is 18.8 Å². The van der Waals surface area contributed by atoms with Crippen molar-refractivity contribution < 1.29 is 0 Å². The van der Waals surface area contributed by atoms with Gasteiger partial charge in [-0.2, -0.15) is 0 Å². The zero-order chi connectivity index (χ0) is 15.7. The minimum absolute atomic E-state index is 0.187. The highest BCUT2D eigenvalue weighted by Crippen LogP contribution is 2.59. The van der Waals surface area contributed by atoms with Gasteiger partial charge in [0, 0.05) is 21.9 Å². The largest absolute Gasteiger partial charge is 0.0840 e. The predicted molar refractivity (Wildman–Crippen MR) is 96.0 cm³/mol. The van der Waals surface area contributed by atoms with E-state index in [0.29, 0.717) is 0 Å². The van der Waals surface area contributed by atoms with Gasteiger partial charge in [0.1, 0.15) is 0 Å². The normalized spacial score (nSPS) is 20.0. The summed E-state index contributed by atoms with van der Waals surface area (Å²) in [5.74, 6) is 0.376. The quantitative estimate of drug-likeness (QED) is 0.311. The van der Waals surface area contributed by atoms with E-state index >= 15 is 0 Å². The summed E-state index contributed by atoms with van der Waals surface area (Å²) < 4.78 is 0. The molecule has 0 amide bonds. The van der Waals surface area contributed by atoms with Crippen molar-refractivity contribution >= 4 is 23.2 Å². The summed E-state index contributed by atoms with van der Waals surface area (Å²) >= 11 is 13.3. The number of hydrogen-bond donors (Lipinski definition) is 0. The lowest BCUT2D eigenvalue weighted by Crippen LogP contribution is -2.28. The molecule has 6 rings (SSSR count). The third kappa shape index (κ3) is 1.63. The molecule has 0 N–H and O–H groups in total. The average molecular weight is 337 g/mol. The standard InChI is InChI=1S/C21H14Cl2/c1-11-9-10-16(23)21-17(11)20-13-6-3-2-5-12(13)18(21)14-7-4-8-15(22)19(14)20/h2-10,18,20H,1H3/t18-,20+/m1/s1. The van der Waals surface area contributed by atoms with Gasteiger partial charge in [0.05, 0.1) is 0 Å². The Bertz CT molecular complexity index is 972. The van der Waals surface area contributed by atoms with Crippen LogP contribution in [0.25, 0.3) is 0 Å². The Kier molecular flexibility index (Phi) is 2.75. The fourth-order valence-electron chi connectivity index (χ4n) is 4.48. The maximum absolute atomic E-state index is 6.65. The Morgan fingerprint density at radius 1 is 0.609 bits per heavy atom. The van der Waals surface area contributed by atoms with E-state index in [-0.39, 0.29) is 11.8 Å². The van der Waals surface area contributed by atoms with Gasteiger partial charge >= 0.3 is 0 Å². The fourth-order valence-corrected chi connectivity index (χ4v) is 5.04. The second kappa shape index (κ2) is 4.63. The van der Waals surface area contributed by atoms with Gasteiger partial charge in [-0.15, -0.1) is 0 Å². The van der Waals surface area contributed by atoms with Gasteiger partial charge in [-0.1, -0.05) is 65.7 Å². The molecule has 2 atom stereocenters. The van der Waals surface area contributed by atoms with Crippen LogP contribution in [-0.4, -0.2) is 0 Å². The molecule has 0 saturated carbocycles. The van der Waals surface area contributed by atoms with Gasteiger partial charge in [0.25, 0.3) is 0 Å². The van der Waals surface area contributed by atoms with Crippen molar-refractivity contribution in [3.63, 3.8) is 0 Å². The minimum atomic E-state index is 0.187. The number of rotatable bonds is 0. The van der Waals surface area contributed by atoms with Crippen molar-refractivity contribution in [2.75, 3.05) is 0 Å². The predicted octanol–water partition coefficient (Wildman–Crippen LogP) is 6.29. The van der Waals surface area contributed by atoms with E-state index in [1.807, 2.05) is 18.2 Å². The van der Waals surface area contributed by atoms with E-state index in [1.54, 1.807) is 0 Å². The monoisotopic (exact) mass is 336 g/mol. The molecule has 112 valence electrons. The molecule has 0 heterocycles. The molecule has 2 heteroatoms. The highest BCUT2D eigenvalue weighted by Gasteiger charge is 2.43. The molecule has 0 nitrogen and oxygen atoms in total. The van der Waals surface area contributed by atoms with Crippen LogP contribution in [0.4, 0.5) is 0 Å². The van der Waals surface area contributed by atoms with Gasteiger partial charge in [0.2, 0.25) is 0 Å². The molecule has 3 aliphatic carbocycles. The van der Waals surface area contributed by atoms with Crippen molar-refractivity contribution in [1.82, 2.24) is 0 Å². The number of aryl methyl sites for hydroxylation is 1. The first-order valence-corrected chi connectivity index (χ1v) is 8.60. The maximum atomic E-state index is 6.65. The van der Waals surface area contributed by atoms with Gasteiger partial charge < -0.3 is 0 Å². The van der Waals surface area contributed by atoms with Crippen LogP contribution in [0, 0.1) is 6.92 Å². The molecule has 0 aliphatic heterocycles. The van der Waals surface area contributed by atoms with E-state index in [0.717, 1.165) is 10.0 Å². The van der Waals surface area contributed by atoms with Gasteiger partial charge in [0.15, 0.2) is 0 Å². The van der Waals surface area contributed by atoms with E-state index < -0.39 is 0 Å². The van der Waals surface area contributed by atoms with Crippen LogP contribution in [0.15, 0.2) is 54.6 Å². The second-order valence-corrected chi connectivity index (χ2v) is 7.24. The topological polar surface area (TPSA) is 0 Å². The third-order valence-electron chi connectivity index (χ3n) is 5.33. The third-order valence-corrected chi connectivity index (χ3v) is 5.99. The molecule has 2 bridgehead atoms. The van der Waals surface area contributed by atoms with E-state index in [9.17, 15) is 0 Å². The molecule has 3 aromatic rings. The highest BCUT2D eigenvalue weighted by molar-refractivity contribution is 6.32. The van der Waals surface area contributed by atoms with Crippen LogP contribution >= 0.6 is 23.2 Å². The summed E-state index contributed by atoms with van der Waals surface area (Å²) in [6.07, 6.45) is 0. The summed E-state index contributed by atoms with van der Waals surface area (Å²) in [5.41, 5.74) is 9.21. The van der Waals surface area contributed by atoms with Gasteiger partial charge in [-0.05, 0) is 58.0 Å². The van der Waals surface area contributed by atoms with Crippen LogP contribution in [0.2, 0.25) is 10.0 Å². The molecule has 0 fully saturated rings. The Balaban J connectivity index is 1.98. The lowest BCUT2D eigenvalue weighted by molar-refractivity contribution is 0.749. The maximum Gasteiger partial charge on any atom is 0.0450 e. The molecule has 23 heavy (non-hydrogen) atoms. The highest BCUT2D eigenvalue weighted by atomic mass is 35.5. The van der Waals surface area contributed by atoms with Crippen LogP contribution in [0.3, 0.4) is 0 Å². The van der Waals surface area contributed by atoms with Crippen molar-refractivity contribution in [3.05, 3.63) is 104 Å². The first-order chi connectivity index (χ1) is 11.2. The zero-order valence-electron chi connectivity index (χ0n) is 12.6. The van der Waals surface area contributed by atoms with Crippen LogP contribution < -0.4 is 0 Å². The lowest BCUT2D eigenvalue weighted by Gasteiger charge is -2.43. The van der Waals surface area contributed by atoms with Crippen molar-refractivity contribution in [1.29, 1.82) is 0 Å². The second-order valence-electron chi connectivity index (χ2n) is 6.43. The lowest BCUT2D eigenvalue weighted by atomic mass is 9.60. The fraction of sp³-hybridized carbons (Fsp3) is 0.143. The van der Waals surface area contributed by atoms with Crippen molar-refractivity contribution in [3.8, 4) is 0 Å². The van der Waals surface area contributed by atoms with Crippen LogP contribution in [0.1, 0.15) is 50.8 Å². The molecule has 0 radical (unpaired) electrons. The minimum Gasteiger partial charge on any atom is -0.0840 e. The number of benzene rings is 3. The molecule has 0 saturated heterocycles. The molecular weight excluding hydrogens is 323 g/mol. The van der Waals surface area contributed by atoms with Crippen LogP contribution in [-0.2, 0) is 0 Å². The Hall–Kier alpha value is -1.76. The number of halogens is 2. The van der Waals surface area contributed by atoms with Gasteiger partial charge in [-0.25, -0.2) is 0 Å². The summed E-state index contributed by atoms with van der Waals surface area (Å²) in [5, 5.41) is 1.72. The van der Waals surface area contributed by atoms with E-state index in [1.165, 1.54) is 38.9 Å². The SMILES string of the molecule is Cc1ccc(Cl)c2c1[C@@H]1c3ccccc3[C@@H]2c2cccc(Cl)c21. The average Bonchev–Trinajstić information content (AvgIpc) is 2.58. The smallest absolute Gasteiger partial charge is 0.0450 e. The summed E-state index contributed by atoms with van der Waals surface area (Å²) in [7, 11) is 0. The summed E-state index contributed by atoms with van der Waals surface area (Å²) in [4.78, 5) is 0. The Morgan fingerprint density at radius 2 is 1.26 bits per heavy atom. The van der Waals surface area contributed by atoms with E-state index in [2.05, 4.69) is 43.3 Å². The van der Waals surface area contributed by atoms with Crippen molar-refractivity contribution in [2.24, 2.45) is 0 Å². The Morgan fingerprint density at radius 3 is 2.04 bits per heavy atom. The summed E-state index contributed by atoms with van der Waals surface area (Å²) in [6.45, 7) is 2.18. The molecule has 3 aliphatic rings.